The minimum absolute atomic E-state index is 0.0183. The van der Waals surface area contributed by atoms with E-state index < -0.39 is 23.8 Å². The number of hydrogen-bond acceptors (Lipinski definition) is 3. The summed E-state index contributed by atoms with van der Waals surface area (Å²) in [6, 6.07) is 5.18. The van der Waals surface area contributed by atoms with Crippen molar-refractivity contribution in [1.82, 2.24) is 4.90 Å². The van der Waals surface area contributed by atoms with E-state index in [0.29, 0.717) is 6.61 Å². The van der Waals surface area contributed by atoms with Gasteiger partial charge in [-0.25, -0.2) is 0 Å². The molecule has 7 heteroatoms. The van der Waals surface area contributed by atoms with Gasteiger partial charge in [-0.05, 0) is 24.5 Å². The van der Waals surface area contributed by atoms with Gasteiger partial charge in [0.1, 0.15) is 0 Å². The van der Waals surface area contributed by atoms with Crippen LogP contribution in [0.2, 0.25) is 0 Å². The number of halogens is 3. The van der Waals surface area contributed by atoms with Crippen molar-refractivity contribution in [3.63, 3.8) is 0 Å². The van der Waals surface area contributed by atoms with Gasteiger partial charge in [-0.1, -0.05) is 25.1 Å². The molecule has 134 valence electrons. The average Bonchev–Trinajstić information content (AvgIpc) is 2.54. The Hall–Kier alpha value is -1.60. The number of hydrogen-bond donors (Lipinski definition) is 1. The molecular weight excluding hydrogens is 323 g/mol. The smallest absolute Gasteiger partial charge is 0.394 e. The number of morpholine rings is 1. The second kappa shape index (κ2) is 7.53. The first kappa shape index (κ1) is 18.7. The summed E-state index contributed by atoms with van der Waals surface area (Å²) >= 11 is 0. The van der Waals surface area contributed by atoms with Crippen molar-refractivity contribution in [2.24, 2.45) is 0 Å². The predicted molar refractivity (Wildman–Crippen MR) is 82.5 cm³/mol. The average molecular weight is 345 g/mol. The number of carbonyl (C=O) groups excluding carboxylic acids is 1. The summed E-state index contributed by atoms with van der Waals surface area (Å²) in [6.45, 7) is 3.81. The Labute approximate surface area is 139 Å². The number of alkyl halides is 3. The zero-order valence-electron chi connectivity index (χ0n) is 13.7. The fraction of sp³-hybridized carbons (Fsp3) is 0.588. The molecule has 1 saturated heterocycles. The van der Waals surface area contributed by atoms with E-state index in [-0.39, 0.29) is 37.1 Å². The number of ether oxygens (including phenoxy) is 1. The van der Waals surface area contributed by atoms with Gasteiger partial charge in [0.05, 0.1) is 30.9 Å². The molecule has 0 spiro atoms. The highest BCUT2D eigenvalue weighted by molar-refractivity contribution is 5.77. The minimum Gasteiger partial charge on any atom is -0.394 e. The first-order chi connectivity index (χ1) is 11.2. The highest BCUT2D eigenvalue weighted by atomic mass is 19.4. The first-order valence-corrected chi connectivity index (χ1v) is 7.92. The summed E-state index contributed by atoms with van der Waals surface area (Å²) in [5, 5.41) is 9.17. The van der Waals surface area contributed by atoms with Crippen LogP contribution in [0.25, 0.3) is 0 Å². The van der Waals surface area contributed by atoms with Gasteiger partial charge in [-0.15, -0.1) is 0 Å². The molecule has 1 aromatic carbocycles. The third-order valence-electron chi connectivity index (χ3n) is 4.31. The molecule has 1 heterocycles. The Kier molecular flexibility index (Phi) is 5.87. The molecule has 3 atom stereocenters. The van der Waals surface area contributed by atoms with Crippen molar-refractivity contribution in [3.05, 3.63) is 35.4 Å². The second-order valence-corrected chi connectivity index (χ2v) is 6.22. The molecule has 24 heavy (non-hydrogen) atoms. The Morgan fingerprint density at radius 1 is 1.42 bits per heavy atom. The number of nitrogens with zero attached hydrogens (tertiary/aromatic N) is 1. The van der Waals surface area contributed by atoms with E-state index in [2.05, 4.69) is 0 Å². The molecule has 1 fully saturated rings. The van der Waals surface area contributed by atoms with Crippen molar-refractivity contribution in [2.75, 3.05) is 19.8 Å². The van der Waals surface area contributed by atoms with Gasteiger partial charge in [0.25, 0.3) is 0 Å². The maximum absolute atomic E-state index is 13.1. The van der Waals surface area contributed by atoms with Crippen molar-refractivity contribution in [3.8, 4) is 0 Å². The van der Waals surface area contributed by atoms with E-state index in [4.69, 9.17) is 4.74 Å². The van der Waals surface area contributed by atoms with Crippen LogP contribution in [0.15, 0.2) is 24.3 Å². The monoisotopic (exact) mass is 345 g/mol. The molecule has 0 aliphatic carbocycles. The Balaban J connectivity index is 2.12. The molecule has 2 rings (SSSR count). The lowest BCUT2D eigenvalue weighted by molar-refractivity contribution is -0.147. The normalized spacial score (nSPS) is 23.2. The molecular formula is C17H22F3NO3. The maximum Gasteiger partial charge on any atom is 0.416 e. The quantitative estimate of drug-likeness (QED) is 0.913. The van der Waals surface area contributed by atoms with Crippen LogP contribution in [0.5, 0.6) is 0 Å². The summed E-state index contributed by atoms with van der Waals surface area (Å²) in [6.07, 6.45) is -4.90. The molecule has 0 bridgehead atoms. The zero-order valence-corrected chi connectivity index (χ0v) is 13.7. The molecule has 0 saturated carbocycles. The molecule has 1 N–H and O–H groups in total. The van der Waals surface area contributed by atoms with Crippen molar-refractivity contribution in [2.45, 2.75) is 44.5 Å². The number of benzene rings is 1. The van der Waals surface area contributed by atoms with Crippen LogP contribution in [0.4, 0.5) is 13.2 Å². The van der Waals surface area contributed by atoms with Gasteiger partial charge in [0, 0.05) is 13.0 Å². The van der Waals surface area contributed by atoms with E-state index in [1.54, 1.807) is 17.9 Å². The summed E-state index contributed by atoms with van der Waals surface area (Å²) < 4.78 is 44.7. The van der Waals surface area contributed by atoms with E-state index in [1.165, 1.54) is 12.1 Å². The van der Waals surface area contributed by atoms with Gasteiger partial charge in [-0.3, -0.25) is 4.79 Å². The van der Waals surface area contributed by atoms with Crippen LogP contribution in [-0.4, -0.2) is 47.8 Å². The molecule has 0 radical (unpaired) electrons. The van der Waals surface area contributed by atoms with Crippen LogP contribution in [0, 0.1) is 0 Å². The molecule has 4 nitrogen and oxygen atoms in total. The van der Waals surface area contributed by atoms with Crippen molar-refractivity contribution in [1.29, 1.82) is 0 Å². The maximum atomic E-state index is 13.1. The largest absolute Gasteiger partial charge is 0.416 e. The lowest BCUT2D eigenvalue weighted by Crippen LogP contribution is -2.52. The fourth-order valence-electron chi connectivity index (χ4n) is 2.95. The number of aliphatic hydroxyl groups is 1. The van der Waals surface area contributed by atoms with Gasteiger partial charge in [0.2, 0.25) is 5.91 Å². The Morgan fingerprint density at radius 3 is 2.71 bits per heavy atom. The summed E-state index contributed by atoms with van der Waals surface area (Å²) in [4.78, 5) is 14.1. The third kappa shape index (κ3) is 4.27. The molecule has 1 amide bonds. The number of amides is 1. The predicted octanol–water partition coefficient (Wildman–Crippen LogP) is 2.81. The fourth-order valence-corrected chi connectivity index (χ4v) is 2.95. The van der Waals surface area contributed by atoms with Crippen LogP contribution >= 0.6 is 0 Å². The van der Waals surface area contributed by atoms with E-state index in [0.717, 1.165) is 6.07 Å². The molecule has 3 unspecified atom stereocenters. The standard InChI is InChI=1S/C17H22F3NO3/c1-11(14-5-3-4-6-15(14)17(18,19)20)7-16(23)21-8-13(9-22)24-10-12(21)2/h3-6,11-13,22H,7-10H2,1-2H3. The Morgan fingerprint density at radius 2 is 2.08 bits per heavy atom. The topological polar surface area (TPSA) is 49.8 Å². The van der Waals surface area contributed by atoms with Gasteiger partial charge >= 0.3 is 6.18 Å². The second-order valence-electron chi connectivity index (χ2n) is 6.22. The summed E-state index contributed by atoms with van der Waals surface area (Å²) in [5.41, 5.74) is -0.577. The third-order valence-corrected chi connectivity index (χ3v) is 4.31. The van der Waals surface area contributed by atoms with Crippen molar-refractivity contribution >= 4 is 5.91 Å². The number of rotatable bonds is 4. The zero-order chi connectivity index (χ0) is 17.9. The van der Waals surface area contributed by atoms with Crippen LogP contribution in [-0.2, 0) is 15.7 Å². The van der Waals surface area contributed by atoms with Crippen molar-refractivity contribution < 1.29 is 27.8 Å². The highest BCUT2D eigenvalue weighted by Gasteiger charge is 2.35. The van der Waals surface area contributed by atoms with Crippen LogP contribution < -0.4 is 0 Å². The van der Waals surface area contributed by atoms with Crippen LogP contribution in [0.1, 0.15) is 37.3 Å². The minimum atomic E-state index is -4.44. The molecule has 1 aliphatic rings. The van der Waals surface area contributed by atoms with E-state index in [1.807, 2.05) is 6.92 Å². The Bertz CT molecular complexity index is 576. The molecule has 1 aliphatic heterocycles. The highest BCUT2D eigenvalue weighted by Crippen LogP contribution is 2.36. The van der Waals surface area contributed by atoms with E-state index >= 15 is 0 Å². The molecule has 0 aromatic heterocycles. The number of aliphatic hydroxyl groups excluding tert-OH is 1. The van der Waals surface area contributed by atoms with Gasteiger partial charge in [0.15, 0.2) is 0 Å². The SMILES string of the molecule is CC(CC(=O)N1CC(CO)OCC1C)c1ccccc1C(F)(F)F. The lowest BCUT2D eigenvalue weighted by atomic mass is 9.92. The van der Waals surface area contributed by atoms with Gasteiger partial charge in [-0.2, -0.15) is 13.2 Å². The summed E-state index contributed by atoms with van der Waals surface area (Å²) in [5.74, 6) is -0.785. The lowest BCUT2D eigenvalue weighted by Gasteiger charge is -2.38. The van der Waals surface area contributed by atoms with Crippen LogP contribution in [0.3, 0.4) is 0 Å². The first-order valence-electron chi connectivity index (χ1n) is 7.92. The van der Waals surface area contributed by atoms with Gasteiger partial charge < -0.3 is 14.7 Å². The summed E-state index contributed by atoms with van der Waals surface area (Å²) in [7, 11) is 0. The molecule has 1 aromatic rings. The number of carbonyl (C=O) groups is 1. The van der Waals surface area contributed by atoms with E-state index in [9.17, 15) is 23.1 Å².